The minimum Gasteiger partial charge on any atom is -0.508 e. The number of non-ortho nitro benzene ring substituents is 1. The van der Waals surface area contributed by atoms with Crippen LogP contribution in [0.25, 0.3) is 0 Å². The Kier molecular flexibility index (Phi) is 3.80. The monoisotopic (exact) mass is 275 g/mol. The van der Waals surface area contributed by atoms with Gasteiger partial charge in [-0.05, 0) is 24.3 Å². The van der Waals surface area contributed by atoms with Gasteiger partial charge in [0.1, 0.15) is 17.2 Å². The molecule has 0 aliphatic heterocycles. The first-order valence-electron chi connectivity index (χ1n) is 5.48. The molecule has 0 atom stereocenters. The van der Waals surface area contributed by atoms with E-state index in [1.54, 1.807) is 0 Å². The first-order chi connectivity index (χ1) is 9.54. The quantitative estimate of drug-likeness (QED) is 0.400. The minimum atomic E-state index is -1.01. The van der Waals surface area contributed by atoms with Crippen molar-refractivity contribution in [1.29, 1.82) is 0 Å². The molecule has 102 valence electrons. The van der Waals surface area contributed by atoms with E-state index in [2.05, 4.69) is 0 Å². The molecule has 7 nitrogen and oxygen atoms in total. The number of phenolic OH excluding ortho intramolecular Hbond substituents is 1. The Morgan fingerprint density at radius 3 is 2.30 bits per heavy atom. The van der Waals surface area contributed by atoms with Crippen LogP contribution in [0.5, 0.6) is 17.2 Å². The molecule has 20 heavy (non-hydrogen) atoms. The van der Waals surface area contributed by atoms with E-state index >= 15 is 0 Å². The second-order valence-electron chi connectivity index (χ2n) is 3.70. The summed E-state index contributed by atoms with van der Waals surface area (Å²) in [7, 11) is 0. The highest BCUT2D eigenvalue weighted by Gasteiger charge is 2.10. The lowest BCUT2D eigenvalue weighted by molar-refractivity contribution is -0.384. The molecular formula is C13H9NO6. The fraction of sp³-hybridized carbons (Fsp3) is 0. The third-order valence-electron chi connectivity index (χ3n) is 2.27. The van der Waals surface area contributed by atoms with Crippen molar-refractivity contribution in [2.45, 2.75) is 0 Å². The Hall–Kier alpha value is -3.09. The summed E-state index contributed by atoms with van der Waals surface area (Å²) < 4.78 is 9.65. The summed E-state index contributed by atoms with van der Waals surface area (Å²) in [6.45, 7) is 0. The van der Waals surface area contributed by atoms with Gasteiger partial charge in [-0.15, -0.1) is 0 Å². The number of hydrogen-bond acceptors (Lipinski definition) is 6. The molecule has 0 aromatic heterocycles. The van der Waals surface area contributed by atoms with E-state index in [-0.39, 0.29) is 22.9 Å². The van der Waals surface area contributed by atoms with Gasteiger partial charge in [0.05, 0.1) is 4.92 Å². The van der Waals surface area contributed by atoms with Gasteiger partial charge in [-0.3, -0.25) is 10.1 Å². The molecule has 1 N–H and O–H groups in total. The van der Waals surface area contributed by atoms with Crippen LogP contribution < -0.4 is 9.47 Å². The van der Waals surface area contributed by atoms with Gasteiger partial charge in [-0.2, -0.15) is 0 Å². The van der Waals surface area contributed by atoms with E-state index < -0.39 is 11.1 Å². The van der Waals surface area contributed by atoms with Gasteiger partial charge >= 0.3 is 6.16 Å². The zero-order valence-electron chi connectivity index (χ0n) is 10.1. The molecule has 0 bridgehead atoms. The molecule has 0 unspecified atom stereocenters. The Labute approximate surface area is 113 Å². The van der Waals surface area contributed by atoms with Crippen molar-refractivity contribution in [2.24, 2.45) is 0 Å². The highest BCUT2D eigenvalue weighted by atomic mass is 16.7. The van der Waals surface area contributed by atoms with E-state index in [0.717, 1.165) is 0 Å². The zero-order chi connectivity index (χ0) is 14.5. The summed E-state index contributed by atoms with van der Waals surface area (Å²) in [6, 6.07) is 10.6. The van der Waals surface area contributed by atoms with Crippen molar-refractivity contribution in [3.63, 3.8) is 0 Å². The van der Waals surface area contributed by atoms with Crippen LogP contribution in [0.3, 0.4) is 0 Å². The second kappa shape index (κ2) is 5.70. The molecule has 0 aliphatic rings. The molecule has 0 radical (unpaired) electrons. The molecule has 0 heterocycles. The van der Waals surface area contributed by atoms with Gasteiger partial charge in [-0.1, -0.05) is 6.07 Å². The highest BCUT2D eigenvalue weighted by Crippen LogP contribution is 2.20. The summed E-state index contributed by atoms with van der Waals surface area (Å²) in [5.41, 5.74) is -0.112. The van der Waals surface area contributed by atoms with Crippen LogP contribution in [-0.4, -0.2) is 16.2 Å². The van der Waals surface area contributed by atoms with Gasteiger partial charge in [-0.25, -0.2) is 4.79 Å². The lowest BCUT2D eigenvalue weighted by Crippen LogP contribution is -2.13. The smallest absolute Gasteiger partial charge is 0.508 e. The number of carbonyl (C=O) groups excluding carboxylic acids is 1. The molecule has 0 spiro atoms. The summed E-state index contributed by atoms with van der Waals surface area (Å²) in [5, 5.41) is 19.7. The Morgan fingerprint density at radius 1 is 1.05 bits per heavy atom. The molecule has 2 aromatic carbocycles. The van der Waals surface area contributed by atoms with E-state index in [9.17, 15) is 20.0 Å². The largest absolute Gasteiger partial charge is 0.519 e. The number of phenols is 1. The number of aromatic hydroxyl groups is 1. The summed E-state index contributed by atoms with van der Waals surface area (Å²) >= 11 is 0. The van der Waals surface area contributed by atoms with E-state index in [4.69, 9.17) is 9.47 Å². The van der Waals surface area contributed by atoms with Gasteiger partial charge in [0.25, 0.3) is 5.69 Å². The molecule has 0 saturated heterocycles. The maximum absolute atomic E-state index is 11.5. The fourth-order valence-corrected chi connectivity index (χ4v) is 1.40. The summed E-state index contributed by atoms with van der Waals surface area (Å²) in [5.74, 6) is 0.184. The summed E-state index contributed by atoms with van der Waals surface area (Å²) in [4.78, 5) is 21.3. The number of nitrogens with zero attached hydrogens (tertiary/aromatic N) is 1. The molecule has 2 aromatic rings. The van der Waals surface area contributed by atoms with Crippen LogP contribution in [-0.2, 0) is 0 Å². The van der Waals surface area contributed by atoms with Crippen LogP contribution in [0.1, 0.15) is 0 Å². The van der Waals surface area contributed by atoms with Crippen LogP contribution in [0, 0.1) is 10.1 Å². The van der Waals surface area contributed by atoms with Crippen molar-refractivity contribution in [3.05, 3.63) is 58.6 Å². The maximum atomic E-state index is 11.5. The predicted molar refractivity (Wildman–Crippen MR) is 67.9 cm³/mol. The van der Waals surface area contributed by atoms with Crippen molar-refractivity contribution in [1.82, 2.24) is 0 Å². The van der Waals surface area contributed by atoms with Gasteiger partial charge < -0.3 is 14.6 Å². The lowest BCUT2D eigenvalue weighted by Gasteiger charge is -2.05. The minimum absolute atomic E-state index is 0.0503. The SMILES string of the molecule is O=C(Oc1ccc([N+](=O)[O-])cc1)Oc1cccc(O)c1. The van der Waals surface area contributed by atoms with Crippen LogP contribution in [0.2, 0.25) is 0 Å². The second-order valence-corrected chi connectivity index (χ2v) is 3.70. The molecule has 2 rings (SSSR count). The highest BCUT2D eigenvalue weighted by molar-refractivity contribution is 5.67. The average Bonchev–Trinajstić information content (AvgIpc) is 2.39. The van der Waals surface area contributed by atoms with Crippen molar-refractivity contribution in [3.8, 4) is 17.2 Å². The molecule has 0 amide bonds. The number of nitro benzene ring substituents is 1. The fourth-order valence-electron chi connectivity index (χ4n) is 1.40. The third kappa shape index (κ3) is 3.45. The van der Waals surface area contributed by atoms with Gasteiger partial charge in [0.15, 0.2) is 0 Å². The van der Waals surface area contributed by atoms with E-state index in [0.29, 0.717) is 0 Å². The third-order valence-corrected chi connectivity index (χ3v) is 2.27. The first kappa shape index (κ1) is 13.3. The molecule has 0 aliphatic carbocycles. The molecular weight excluding hydrogens is 266 g/mol. The Morgan fingerprint density at radius 2 is 1.70 bits per heavy atom. The lowest BCUT2D eigenvalue weighted by atomic mass is 10.3. The maximum Gasteiger partial charge on any atom is 0.519 e. The van der Waals surface area contributed by atoms with E-state index in [1.807, 2.05) is 0 Å². The van der Waals surface area contributed by atoms with Gasteiger partial charge in [0.2, 0.25) is 0 Å². The van der Waals surface area contributed by atoms with Crippen LogP contribution in [0.4, 0.5) is 10.5 Å². The average molecular weight is 275 g/mol. The van der Waals surface area contributed by atoms with Gasteiger partial charge in [0, 0.05) is 18.2 Å². The topological polar surface area (TPSA) is 98.9 Å². The first-order valence-corrected chi connectivity index (χ1v) is 5.48. The molecule has 0 fully saturated rings. The van der Waals surface area contributed by atoms with Crippen molar-refractivity contribution < 1.29 is 24.3 Å². The Balaban J connectivity index is 1.99. The van der Waals surface area contributed by atoms with E-state index in [1.165, 1.54) is 48.5 Å². The van der Waals surface area contributed by atoms with Crippen molar-refractivity contribution >= 4 is 11.8 Å². The van der Waals surface area contributed by atoms with Crippen molar-refractivity contribution in [2.75, 3.05) is 0 Å². The zero-order valence-corrected chi connectivity index (χ0v) is 10.1. The standard InChI is InChI=1S/C13H9NO6/c15-10-2-1-3-12(8-10)20-13(16)19-11-6-4-9(5-7-11)14(17)18/h1-8,15H. The molecule has 7 heteroatoms. The van der Waals surface area contributed by atoms with Crippen LogP contribution in [0.15, 0.2) is 48.5 Å². The number of benzene rings is 2. The molecule has 0 saturated carbocycles. The Bertz CT molecular complexity index is 638. The summed E-state index contributed by atoms with van der Waals surface area (Å²) in [6.07, 6.45) is -1.01. The number of hydrogen-bond donors (Lipinski definition) is 1. The predicted octanol–water partition coefficient (Wildman–Crippen LogP) is 2.88. The number of carbonyl (C=O) groups is 1. The number of rotatable bonds is 3. The normalized spacial score (nSPS) is 9.80. The van der Waals surface area contributed by atoms with Crippen LogP contribution >= 0.6 is 0 Å². The number of nitro groups is 1. The number of ether oxygens (including phenoxy) is 2.